The first-order valence-corrected chi connectivity index (χ1v) is 7.73. The molecule has 2 N–H and O–H groups in total. The fourth-order valence-electron chi connectivity index (χ4n) is 2.77. The van der Waals surface area contributed by atoms with Crippen molar-refractivity contribution in [3.05, 3.63) is 84.3 Å². The molecule has 0 spiro atoms. The van der Waals surface area contributed by atoms with Crippen molar-refractivity contribution in [2.45, 2.75) is 6.54 Å². The zero-order chi connectivity index (χ0) is 16.4. The monoisotopic (exact) mass is 316 g/mol. The van der Waals surface area contributed by atoms with Gasteiger partial charge < -0.3 is 9.55 Å². The van der Waals surface area contributed by atoms with E-state index in [-0.39, 0.29) is 5.91 Å². The molecule has 2 aromatic heterocycles. The zero-order valence-corrected chi connectivity index (χ0v) is 12.9. The van der Waals surface area contributed by atoms with Gasteiger partial charge in [-0.3, -0.25) is 10.1 Å². The highest BCUT2D eigenvalue weighted by Crippen LogP contribution is 2.19. The summed E-state index contributed by atoms with van der Waals surface area (Å²) in [5, 5.41) is 3.78. The van der Waals surface area contributed by atoms with E-state index in [4.69, 9.17) is 0 Å². The molecule has 0 aliphatic rings. The summed E-state index contributed by atoms with van der Waals surface area (Å²) in [7, 11) is 0. The molecule has 118 valence electrons. The summed E-state index contributed by atoms with van der Waals surface area (Å²) in [4.78, 5) is 19.1. The minimum Gasteiger partial charge on any atom is -0.343 e. The van der Waals surface area contributed by atoms with Gasteiger partial charge in [0.1, 0.15) is 0 Å². The number of nitrogens with zero attached hydrogens (tertiary/aromatic N) is 2. The predicted octanol–water partition coefficient (Wildman–Crippen LogP) is 3.67. The lowest BCUT2D eigenvalue weighted by Crippen LogP contribution is -2.12. The van der Waals surface area contributed by atoms with Crippen molar-refractivity contribution >= 4 is 22.8 Å². The van der Waals surface area contributed by atoms with Gasteiger partial charge in [0.25, 0.3) is 5.91 Å². The Balaban J connectivity index is 1.59. The number of aromatic nitrogens is 3. The molecule has 2 heterocycles. The van der Waals surface area contributed by atoms with E-state index in [0.29, 0.717) is 11.5 Å². The molecule has 0 fully saturated rings. The number of carbonyl (C=O) groups is 1. The van der Waals surface area contributed by atoms with E-state index in [9.17, 15) is 4.79 Å². The van der Waals surface area contributed by atoms with Crippen LogP contribution in [0.4, 0.5) is 5.95 Å². The number of benzene rings is 2. The van der Waals surface area contributed by atoms with E-state index in [1.807, 2.05) is 48.7 Å². The van der Waals surface area contributed by atoms with Crippen molar-refractivity contribution in [3.8, 4) is 0 Å². The van der Waals surface area contributed by atoms with Crippen molar-refractivity contribution in [3.63, 3.8) is 0 Å². The van der Waals surface area contributed by atoms with Gasteiger partial charge in [0.15, 0.2) is 0 Å². The largest absolute Gasteiger partial charge is 0.343 e. The number of fused-ring (bicyclic) bond motifs is 1. The van der Waals surface area contributed by atoms with Crippen LogP contribution >= 0.6 is 0 Å². The lowest BCUT2D eigenvalue weighted by Gasteiger charge is -2.07. The number of carbonyl (C=O) groups excluding carboxylic acids is 1. The number of imidazole rings is 1. The van der Waals surface area contributed by atoms with E-state index < -0.39 is 0 Å². The molecule has 0 radical (unpaired) electrons. The van der Waals surface area contributed by atoms with Crippen molar-refractivity contribution < 1.29 is 4.79 Å². The maximum Gasteiger partial charge on any atom is 0.257 e. The summed E-state index contributed by atoms with van der Waals surface area (Å²) in [6, 6.07) is 18.1. The number of H-pyrrole nitrogens is 1. The Morgan fingerprint density at radius 1 is 1.12 bits per heavy atom. The maximum absolute atomic E-state index is 12.3. The number of anilines is 1. The van der Waals surface area contributed by atoms with Crippen molar-refractivity contribution in [2.75, 3.05) is 5.32 Å². The van der Waals surface area contributed by atoms with Gasteiger partial charge >= 0.3 is 0 Å². The molecule has 0 saturated carbocycles. The van der Waals surface area contributed by atoms with E-state index in [1.165, 1.54) is 5.56 Å². The lowest BCUT2D eigenvalue weighted by atomic mass is 10.1. The second-order valence-corrected chi connectivity index (χ2v) is 5.59. The molecule has 0 atom stereocenters. The average molecular weight is 316 g/mol. The van der Waals surface area contributed by atoms with Gasteiger partial charge in [-0.2, -0.15) is 0 Å². The molecular weight excluding hydrogens is 300 g/mol. The van der Waals surface area contributed by atoms with Gasteiger partial charge in [0.2, 0.25) is 5.95 Å². The number of nitrogens with one attached hydrogen (secondary N) is 2. The normalized spacial score (nSPS) is 10.8. The molecule has 0 bridgehead atoms. The minimum absolute atomic E-state index is 0.178. The average Bonchev–Trinajstić information content (AvgIpc) is 3.25. The molecule has 24 heavy (non-hydrogen) atoms. The van der Waals surface area contributed by atoms with Crippen molar-refractivity contribution in [1.29, 1.82) is 0 Å². The number of rotatable bonds is 4. The van der Waals surface area contributed by atoms with Crippen molar-refractivity contribution in [2.24, 2.45) is 0 Å². The van der Waals surface area contributed by atoms with Gasteiger partial charge in [0, 0.05) is 41.6 Å². The Kier molecular flexibility index (Phi) is 3.59. The molecule has 1 amide bonds. The summed E-state index contributed by atoms with van der Waals surface area (Å²) in [6.45, 7) is 0.808. The number of hydrogen-bond acceptors (Lipinski definition) is 2. The van der Waals surface area contributed by atoms with Crippen molar-refractivity contribution in [1.82, 2.24) is 14.5 Å². The van der Waals surface area contributed by atoms with E-state index >= 15 is 0 Å². The van der Waals surface area contributed by atoms with Gasteiger partial charge in [-0.15, -0.1) is 0 Å². The molecule has 5 nitrogen and oxygen atoms in total. The quantitative estimate of drug-likeness (QED) is 0.603. The highest BCUT2D eigenvalue weighted by molar-refractivity contribution is 6.05. The Labute approximate surface area is 139 Å². The molecule has 0 aliphatic heterocycles. The SMILES string of the molecule is O=C(Nc1ncc[nH]1)c1ccc2c(ccn2Cc2ccccc2)c1. The topological polar surface area (TPSA) is 62.7 Å². The van der Waals surface area contributed by atoms with Crippen LogP contribution in [0.5, 0.6) is 0 Å². The summed E-state index contributed by atoms with van der Waals surface area (Å²) in [5.74, 6) is 0.268. The van der Waals surface area contributed by atoms with Crippen LogP contribution in [0, 0.1) is 0 Å². The fourth-order valence-corrected chi connectivity index (χ4v) is 2.77. The van der Waals surface area contributed by atoms with Gasteiger partial charge in [0.05, 0.1) is 0 Å². The Morgan fingerprint density at radius 3 is 2.79 bits per heavy atom. The second kappa shape index (κ2) is 6.04. The summed E-state index contributed by atoms with van der Waals surface area (Å²) in [5.41, 5.74) is 2.96. The molecule has 0 aliphatic carbocycles. The van der Waals surface area contributed by atoms with Crippen LogP contribution < -0.4 is 5.32 Å². The molecule has 2 aromatic carbocycles. The van der Waals surface area contributed by atoms with Crippen LogP contribution in [0.15, 0.2) is 73.2 Å². The van der Waals surface area contributed by atoms with Crippen LogP contribution in [0.1, 0.15) is 15.9 Å². The lowest BCUT2D eigenvalue weighted by molar-refractivity contribution is 0.102. The first kappa shape index (κ1) is 14.3. The highest BCUT2D eigenvalue weighted by atomic mass is 16.1. The molecule has 4 rings (SSSR count). The smallest absolute Gasteiger partial charge is 0.257 e. The highest BCUT2D eigenvalue weighted by Gasteiger charge is 2.10. The fraction of sp³-hybridized carbons (Fsp3) is 0.0526. The Hall–Kier alpha value is -3.34. The predicted molar refractivity (Wildman–Crippen MR) is 94.0 cm³/mol. The van der Waals surface area contributed by atoms with Crippen LogP contribution in [0.3, 0.4) is 0 Å². The standard InChI is InChI=1S/C19H16N4O/c24-18(22-19-20-9-10-21-19)16-6-7-17-15(12-16)8-11-23(17)13-14-4-2-1-3-5-14/h1-12H,13H2,(H2,20,21,22,24). The number of aromatic amines is 1. The van der Waals surface area contributed by atoms with E-state index in [0.717, 1.165) is 17.4 Å². The number of amides is 1. The summed E-state index contributed by atoms with van der Waals surface area (Å²) in [6.07, 6.45) is 5.32. The third kappa shape index (κ3) is 2.79. The first-order chi connectivity index (χ1) is 11.8. The summed E-state index contributed by atoms with van der Waals surface area (Å²) >= 11 is 0. The molecular formula is C19H16N4O. The molecule has 5 heteroatoms. The minimum atomic E-state index is -0.178. The van der Waals surface area contributed by atoms with Crippen LogP contribution in [0.25, 0.3) is 10.9 Å². The second-order valence-electron chi connectivity index (χ2n) is 5.59. The van der Waals surface area contributed by atoms with Crippen LogP contribution in [0.2, 0.25) is 0 Å². The molecule has 0 saturated heterocycles. The third-order valence-corrected chi connectivity index (χ3v) is 3.96. The number of hydrogen-bond donors (Lipinski definition) is 2. The first-order valence-electron chi connectivity index (χ1n) is 7.73. The van der Waals surface area contributed by atoms with Crippen LogP contribution in [-0.4, -0.2) is 20.4 Å². The van der Waals surface area contributed by atoms with Crippen LogP contribution in [-0.2, 0) is 6.54 Å². The van der Waals surface area contributed by atoms with E-state index in [1.54, 1.807) is 12.4 Å². The molecule has 0 unspecified atom stereocenters. The zero-order valence-electron chi connectivity index (χ0n) is 12.9. The Bertz CT molecular complexity index is 971. The molecule has 4 aromatic rings. The van der Waals surface area contributed by atoms with Gasteiger partial charge in [-0.25, -0.2) is 4.98 Å². The Morgan fingerprint density at radius 2 is 2.00 bits per heavy atom. The summed E-state index contributed by atoms with van der Waals surface area (Å²) < 4.78 is 2.18. The van der Waals surface area contributed by atoms with Gasteiger partial charge in [-0.1, -0.05) is 30.3 Å². The van der Waals surface area contributed by atoms with Gasteiger partial charge in [-0.05, 0) is 29.8 Å². The third-order valence-electron chi connectivity index (χ3n) is 3.96. The van der Waals surface area contributed by atoms with E-state index in [2.05, 4.69) is 32.0 Å². The maximum atomic E-state index is 12.3.